The van der Waals surface area contributed by atoms with Crippen molar-refractivity contribution < 1.29 is 14.3 Å². The summed E-state index contributed by atoms with van der Waals surface area (Å²) in [4.78, 5) is 17.7. The number of pyridine rings is 1. The normalized spacial score (nSPS) is 13.2. The van der Waals surface area contributed by atoms with Crippen LogP contribution in [0, 0.1) is 5.92 Å². The lowest BCUT2D eigenvalue weighted by Gasteiger charge is -2.27. The number of nitrogens with one attached hydrogen (secondary N) is 1. The number of anilines is 1. The molecule has 0 spiro atoms. The van der Waals surface area contributed by atoms with Crippen molar-refractivity contribution in [2.24, 2.45) is 11.7 Å². The third-order valence-corrected chi connectivity index (χ3v) is 4.49. The lowest BCUT2D eigenvalue weighted by molar-refractivity contribution is 0.187. The van der Waals surface area contributed by atoms with Crippen LogP contribution >= 0.6 is 0 Å². The monoisotopic (exact) mass is 414 g/mol. The highest BCUT2D eigenvalue weighted by Gasteiger charge is 2.22. The number of hydrogen-bond donors (Lipinski definition) is 2. The molecule has 0 radical (unpaired) electrons. The summed E-state index contributed by atoms with van der Waals surface area (Å²) in [5, 5.41) is 2.59. The van der Waals surface area contributed by atoms with Crippen LogP contribution in [0.25, 0.3) is 11.1 Å². The van der Waals surface area contributed by atoms with E-state index in [4.69, 9.17) is 10.5 Å². The molecule has 2 aromatic rings. The van der Waals surface area contributed by atoms with E-state index < -0.39 is 6.09 Å². The fourth-order valence-electron chi connectivity index (χ4n) is 3.43. The topological polar surface area (TPSA) is 89.7 Å². The van der Waals surface area contributed by atoms with Gasteiger partial charge in [0.25, 0.3) is 0 Å². The molecule has 0 aliphatic heterocycles. The molecule has 1 aromatic carbocycles. The van der Waals surface area contributed by atoms with Crippen LogP contribution in [0.4, 0.5) is 10.6 Å². The smallest absolute Gasteiger partial charge is 0.412 e. The molecule has 0 bridgehead atoms. The molecule has 0 saturated heterocycles. The van der Waals surface area contributed by atoms with Gasteiger partial charge in [-0.25, -0.2) is 9.78 Å². The maximum absolute atomic E-state index is 11.5. The molecule has 1 heterocycles. The molecule has 30 heavy (non-hydrogen) atoms. The van der Waals surface area contributed by atoms with E-state index in [1.165, 1.54) is 7.11 Å². The molecule has 0 aliphatic rings. The minimum Gasteiger partial charge on any atom is -0.491 e. The molecule has 3 N–H and O–H groups in total. The van der Waals surface area contributed by atoms with Crippen LogP contribution in [0.3, 0.4) is 0 Å². The second-order valence-corrected chi connectivity index (χ2v) is 8.65. The Morgan fingerprint density at radius 1 is 1.23 bits per heavy atom. The van der Waals surface area contributed by atoms with Crippen LogP contribution in [0.5, 0.6) is 5.75 Å². The van der Waals surface area contributed by atoms with E-state index in [0.717, 1.165) is 35.4 Å². The van der Waals surface area contributed by atoms with Crippen LogP contribution in [-0.2, 0) is 11.3 Å². The lowest BCUT2D eigenvalue weighted by Crippen LogP contribution is -2.43. The van der Waals surface area contributed by atoms with Crippen LogP contribution < -0.4 is 15.8 Å². The van der Waals surface area contributed by atoms with Crippen LogP contribution in [0.2, 0.25) is 0 Å². The number of benzene rings is 1. The van der Waals surface area contributed by atoms with Crippen molar-refractivity contribution in [3.8, 4) is 16.9 Å². The van der Waals surface area contributed by atoms with Crippen LogP contribution in [0.15, 0.2) is 36.5 Å². The van der Waals surface area contributed by atoms with Gasteiger partial charge < -0.3 is 20.1 Å². The summed E-state index contributed by atoms with van der Waals surface area (Å²) in [7, 11) is 5.36. The third-order valence-electron chi connectivity index (χ3n) is 4.49. The highest BCUT2D eigenvalue weighted by atomic mass is 16.5. The SMILES string of the molecule is COC(=O)Nc1cc(-c2ccc(OCC(C)(N)CC(C)C)c(CN(C)C)c2)ccn1. The Bertz CT molecular complexity index is 850. The maximum Gasteiger partial charge on any atom is 0.412 e. The number of amides is 1. The van der Waals surface area contributed by atoms with Crippen molar-refractivity contribution in [3.05, 3.63) is 42.1 Å². The van der Waals surface area contributed by atoms with Crippen molar-refractivity contribution in [3.63, 3.8) is 0 Å². The van der Waals surface area contributed by atoms with Crippen molar-refractivity contribution in [1.29, 1.82) is 0 Å². The fraction of sp³-hybridized carbons (Fsp3) is 0.478. The number of carbonyl (C=O) groups is 1. The second-order valence-electron chi connectivity index (χ2n) is 8.65. The highest BCUT2D eigenvalue weighted by molar-refractivity contribution is 5.84. The van der Waals surface area contributed by atoms with E-state index in [0.29, 0.717) is 18.3 Å². The lowest BCUT2D eigenvalue weighted by atomic mass is 9.93. The van der Waals surface area contributed by atoms with Crippen molar-refractivity contribution in [2.45, 2.75) is 39.3 Å². The van der Waals surface area contributed by atoms with E-state index >= 15 is 0 Å². The first-order valence-corrected chi connectivity index (χ1v) is 10.1. The standard InChI is InChI=1S/C23H34N4O3/c1-16(2)13-23(3,24)15-30-20-8-7-17(11-19(20)14-27(4)5)18-9-10-25-21(12-18)26-22(28)29-6/h7-12,16H,13-15,24H2,1-6H3,(H,25,26,28). The molecule has 2 rings (SSSR count). The van der Waals surface area contributed by atoms with Crippen molar-refractivity contribution >= 4 is 11.9 Å². The zero-order valence-electron chi connectivity index (χ0n) is 18.9. The van der Waals surface area contributed by atoms with Gasteiger partial charge >= 0.3 is 6.09 Å². The number of ether oxygens (including phenoxy) is 2. The molecule has 1 aromatic heterocycles. The van der Waals surface area contributed by atoms with Gasteiger partial charge in [0.05, 0.1) is 7.11 Å². The summed E-state index contributed by atoms with van der Waals surface area (Å²) in [6, 6.07) is 9.79. The molecule has 0 saturated carbocycles. The van der Waals surface area contributed by atoms with Gasteiger partial charge in [-0.05, 0) is 68.8 Å². The van der Waals surface area contributed by atoms with Gasteiger partial charge in [-0.15, -0.1) is 0 Å². The Morgan fingerprint density at radius 2 is 1.93 bits per heavy atom. The van der Waals surface area contributed by atoms with Crippen molar-refractivity contribution in [1.82, 2.24) is 9.88 Å². The number of methoxy groups -OCH3 is 1. The predicted molar refractivity (Wildman–Crippen MR) is 121 cm³/mol. The van der Waals surface area contributed by atoms with Gasteiger partial charge in [0.1, 0.15) is 18.2 Å². The largest absolute Gasteiger partial charge is 0.491 e. The van der Waals surface area contributed by atoms with E-state index in [-0.39, 0.29) is 5.54 Å². The summed E-state index contributed by atoms with van der Waals surface area (Å²) in [5.41, 5.74) is 9.04. The van der Waals surface area contributed by atoms with Crippen LogP contribution in [0.1, 0.15) is 32.8 Å². The van der Waals surface area contributed by atoms with Gasteiger partial charge in [0.15, 0.2) is 0 Å². The second kappa shape index (κ2) is 10.4. The predicted octanol–water partition coefficient (Wildman–Crippen LogP) is 4.13. The Morgan fingerprint density at radius 3 is 2.57 bits per heavy atom. The van der Waals surface area contributed by atoms with Gasteiger partial charge in [0.2, 0.25) is 0 Å². The molecular formula is C23H34N4O3. The summed E-state index contributed by atoms with van der Waals surface area (Å²) in [6.45, 7) is 7.53. The molecule has 1 atom stereocenters. The molecule has 0 aliphatic carbocycles. The molecule has 0 fully saturated rings. The number of nitrogens with two attached hydrogens (primary N) is 1. The van der Waals surface area contributed by atoms with Gasteiger partial charge in [-0.3, -0.25) is 5.32 Å². The molecule has 7 heteroatoms. The molecule has 7 nitrogen and oxygen atoms in total. The first kappa shape index (κ1) is 23.6. The molecular weight excluding hydrogens is 380 g/mol. The van der Waals surface area contributed by atoms with Gasteiger partial charge in [-0.2, -0.15) is 0 Å². The van der Waals surface area contributed by atoms with Gasteiger partial charge in [0, 0.05) is 23.8 Å². The Labute approximate surface area is 179 Å². The number of aromatic nitrogens is 1. The zero-order chi connectivity index (χ0) is 22.3. The molecule has 164 valence electrons. The number of rotatable bonds is 9. The Balaban J connectivity index is 2.27. The number of nitrogens with zero attached hydrogens (tertiary/aromatic N) is 2. The summed E-state index contributed by atoms with van der Waals surface area (Å²) in [5.74, 6) is 1.77. The zero-order valence-corrected chi connectivity index (χ0v) is 18.9. The van der Waals surface area contributed by atoms with E-state index in [9.17, 15) is 4.79 Å². The number of hydrogen-bond acceptors (Lipinski definition) is 6. The average molecular weight is 415 g/mol. The van der Waals surface area contributed by atoms with E-state index in [1.807, 2.05) is 45.3 Å². The Kier molecular flexibility index (Phi) is 8.20. The van der Waals surface area contributed by atoms with Crippen LogP contribution in [-0.4, -0.2) is 49.3 Å². The van der Waals surface area contributed by atoms with E-state index in [2.05, 4.69) is 39.9 Å². The maximum atomic E-state index is 11.5. The summed E-state index contributed by atoms with van der Waals surface area (Å²) >= 11 is 0. The molecule has 1 amide bonds. The Hall–Kier alpha value is -2.64. The van der Waals surface area contributed by atoms with E-state index in [1.54, 1.807) is 6.20 Å². The summed E-state index contributed by atoms with van der Waals surface area (Å²) < 4.78 is 10.8. The minimum atomic E-state index is -0.553. The summed E-state index contributed by atoms with van der Waals surface area (Å²) in [6.07, 6.45) is 1.99. The quantitative estimate of drug-likeness (QED) is 0.641. The fourth-order valence-corrected chi connectivity index (χ4v) is 3.43. The van der Waals surface area contributed by atoms with Gasteiger partial charge in [-0.1, -0.05) is 19.9 Å². The first-order valence-electron chi connectivity index (χ1n) is 10.1. The number of carbonyl (C=O) groups excluding carboxylic acids is 1. The first-order chi connectivity index (χ1) is 14.1. The average Bonchev–Trinajstić information content (AvgIpc) is 2.65. The third kappa shape index (κ3) is 7.31. The highest BCUT2D eigenvalue weighted by Crippen LogP contribution is 2.29. The minimum absolute atomic E-state index is 0.387. The van der Waals surface area contributed by atoms with Crippen molar-refractivity contribution in [2.75, 3.05) is 33.1 Å². The molecule has 1 unspecified atom stereocenters.